The quantitative estimate of drug-likeness (QED) is 0.619. The van der Waals surface area contributed by atoms with Crippen LogP contribution in [0.3, 0.4) is 0 Å². The molecule has 0 atom stereocenters. The minimum Gasteiger partial charge on any atom is -0.207 e. The Kier molecular flexibility index (Phi) is 4.27. The van der Waals surface area contributed by atoms with Gasteiger partial charge in [-0.25, -0.2) is 8.78 Å². The fourth-order valence-corrected chi connectivity index (χ4v) is 2.12. The van der Waals surface area contributed by atoms with E-state index in [1.165, 1.54) is 6.07 Å². The first-order chi connectivity index (χ1) is 10.9. The van der Waals surface area contributed by atoms with E-state index in [9.17, 15) is 35.1 Å². The van der Waals surface area contributed by atoms with Crippen molar-refractivity contribution in [2.75, 3.05) is 0 Å². The van der Waals surface area contributed by atoms with Crippen molar-refractivity contribution < 1.29 is 35.1 Å². The van der Waals surface area contributed by atoms with Crippen LogP contribution >= 0.6 is 0 Å². The fraction of sp³-hybridized carbons (Fsp3) is 0.133. The number of hydrogen-bond acceptors (Lipinski definition) is 1. The van der Waals surface area contributed by atoms with E-state index < -0.39 is 51.8 Å². The highest BCUT2D eigenvalue weighted by molar-refractivity contribution is 5.71. The highest BCUT2D eigenvalue weighted by Gasteiger charge is 2.38. The van der Waals surface area contributed by atoms with Crippen molar-refractivity contribution in [3.63, 3.8) is 0 Å². The molecule has 2 aromatic carbocycles. The lowest BCUT2D eigenvalue weighted by molar-refractivity contribution is -0.138. The van der Waals surface area contributed by atoms with E-state index in [0.717, 1.165) is 6.07 Å². The number of rotatable bonds is 1. The van der Waals surface area contributed by atoms with Crippen LogP contribution < -0.4 is 0 Å². The summed E-state index contributed by atoms with van der Waals surface area (Å²) in [7, 11) is 0. The van der Waals surface area contributed by atoms with E-state index in [2.05, 4.69) is 0 Å². The standard InChI is InChI=1S/C15H5F8N/c16-9-4-11(15(21,22)23)13(12(17)5-9)7-1-2-8(6-24)10(3-7)14(18,19)20/h1-5H. The smallest absolute Gasteiger partial charge is 0.207 e. The summed E-state index contributed by atoms with van der Waals surface area (Å²) in [6.07, 6.45) is -10.2. The molecule has 0 heterocycles. The highest BCUT2D eigenvalue weighted by Crippen LogP contribution is 2.41. The molecule has 0 spiro atoms. The molecular formula is C15H5F8N. The first-order valence-electron chi connectivity index (χ1n) is 6.13. The Morgan fingerprint density at radius 1 is 0.792 bits per heavy atom. The summed E-state index contributed by atoms with van der Waals surface area (Å²) in [6.45, 7) is 0. The molecule has 2 rings (SSSR count). The average Bonchev–Trinajstić information content (AvgIpc) is 2.44. The van der Waals surface area contributed by atoms with E-state index in [4.69, 9.17) is 5.26 Å². The van der Waals surface area contributed by atoms with Crippen molar-refractivity contribution in [2.45, 2.75) is 12.4 Å². The first kappa shape index (κ1) is 17.7. The Morgan fingerprint density at radius 2 is 1.38 bits per heavy atom. The lowest BCUT2D eigenvalue weighted by Gasteiger charge is -2.16. The maximum Gasteiger partial charge on any atom is 0.417 e. The molecule has 0 amide bonds. The Bertz CT molecular complexity index is 827. The largest absolute Gasteiger partial charge is 0.417 e. The van der Waals surface area contributed by atoms with Gasteiger partial charge in [-0.3, -0.25) is 0 Å². The molecule has 2 aromatic rings. The van der Waals surface area contributed by atoms with E-state index in [1.54, 1.807) is 0 Å². The van der Waals surface area contributed by atoms with Gasteiger partial charge in [-0.15, -0.1) is 0 Å². The van der Waals surface area contributed by atoms with Crippen LogP contribution in [0.15, 0.2) is 30.3 Å². The maximum absolute atomic E-state index is 13.9. The maximum atomic E-state index is 13.9. The molecule has 1 nitrogen and oxygen atoms in total. The van der Waals surface area contributed by atoms with Gasteiger partial charge in [0, 0.05) is 11.6 Å². The molecule has 0 aromatic heterocycles. The molecular weight excluding hydrogens is 346 g/mol. The van der Waals surface area contributed by atoms with Crippen LogP contribution in [-0.4, -0.2) is 0 Å². The molecule has 0 radical (unpaired) electrons. The molecule has 0 aliphatic carbocycles. The first-order valence-corrected chi connectivity index (χ1v) is 6.13. The van der Waals surface area contributed by atoms with E-state index >= 15 is 0 Å². The second-order valence-electron chi connectivity index (χ2n) is 4.68. The minimum absolute atomic E-state index is 0.0100. The fourth-order valence-electron chi connectivity index (χ4n) is 2.12. The highest BCUT2D eigenvalue weighted by atomic mass is 19.4. The lowest BCUT2D eigenvalue weighted by Crippen LogP contribution is -2.11. The SMILES string of the molecule is N#Cc1ccc(-c2c(F)cc(F)cc2C(F)(F)F)cc1C(F)(F)F. The van der Waals surface area contributed by atoms with Gasteiger partial charge < -0.3 is 0 Å². The number of hydrogen-bond donors (Lipinski definition) is 0. The Balaban J connectivity index is 2.81. The lowest BCUT2D eigenvalue weighted by atomic mass is 9.95. The molecule has 0 aliphatic rings. The minimum atomic E-state index is -5.19. The molecule has 126 valence electrons. The van der Waals surface area contributed by atoms with Gasteiger partial charge in [0.15, 0.2) is 0 Å². The summed E-state index contributed by atoms with van der Waals surface area (Å²) in [5.41, 5.74) is -6.09. The third kappa shape index (κ3) is 3.32. The van der Waals surface area contributed by atoms with E-state index in [0.29, 0.717) is 6.07 Å². The average molecular weight is 351 g/mol. The zero-order valence-corrected chi connectivity index (χ0v) is 11.4. The number of nitriles is 1. The van der Waals surface area contributed by atoms with Crippen molar-refractivity contribution in [1.82, 2.24) is 0 Å². The normalized spacial score (nSPS) is 12.1. The Morgan fingerprint density at radius 3 is 1.88 bits per heavy atom. The van der Waals surface area contributed by atoms with Crippen molar-refractivity contribution in [3.05, 3.63) is 58.7 Å². The number of benzene rings is 2. The van der Waals surface area contributed by atoms with Gasteiger partial charge in [-0.1, -0.05) is 6.07 Å². The second-order valence-corrected chi connectivity index (χ2v) is 4.68. The van der Waals surface area contributed by atoms with Crippen LogP contribution in [0.1, 0.15) is 16.7 Å². The summed E-state index contributed by atoms with van der Waals surface area (Å²) in [5.74, 6) is -3.19. The van der Waals surface area contributed by atoms with Crippen molar-refractivity contribution in [2.24, 2.45) is 0 Å². The predicted octanol–water partition coefficient (Wildman–Crippen LogP) is 5.54. The number of halogens is 8. The van der Waals surface area contributed by atoms with Gasteiger partial charge in [0.05, 0.1) is 22.8 Å². The van der Waals surface area contributed by atoms with Gasteiger partial charge >= 0.3 is 12.4 Å². The van der Waals surface area contributed by atoms with Gasteiger partial charge in [0.25, 0.3) is 0 Å². The van der Waals surface area contributed by atoms with Gasteiger partial charge in [0.2, 0.25) is 0 Å². The monoisotopic (exact) mass is 351 g/mol. The van der Waals surface area contributed by atoms with Crippen LogP contribution in [0.2, 0.25) is 0 Å². The Hall–Kier alpha value is -2.63. The summed E-state index contributed by atoms with van der Waals surface area (Å²) < 4.78 is 105. The van der Waals surface area contributed by atoms with Crippen molar-refractivity contribution in [1.29, 1.82) is 5.26 Å². The molecule has 0 fully saturated rings. The van der Waals surface area contributed by atoms with Crippen molar-refractivity contribution >= 4 is 0 Å². The van der Waals surface area contributed by atoms with Gasteiger partial charge in [-0.05, 0) is 23.8 Å². The van der Waals surface area contributed by atoms with E-state index in [-0.39, 0.29) is 18.2 Å². The topological polar surface area (TPSA) is 23.8 Å². The third-order valence-corrected chi connectivity index (χ3v) is 3.09. The molecule has 0 N–H and O–H groups in total. The summed E-state index contributed by atoms with van der Waals surface area (Å²) in [4.78, 5) is 0. The van der Waals surface area contributed by atoms with Crippen LogP contribution in [0.4, 0.5) is 35.1 Å². The van der Waals surface area contributed by atoms with Crippen LogP contribution in [0, 0.1) is 23.0 Å². The van der Waals surface area contributed by atoms with Crippen LogP contribution in [0.5, 0.6) is 0 Å². The molecule has 0 saturated carbocycles. The van der Waals surface area contributed by atoms with Gasteiger partial charge in [0.1, 0.15) is 11.6 Å². The van der Waals surface area contributed by atoms with E-state index in [1.807, 2.05) is 0 Å². The number of nitrogens with zero attached hydrogens (tertiary/aromatic N) is 1. The number of alkyl halides is 6. The molecule has 0 bridgehead atoms. The molecule has 24 heavy (non-hydrogen) atoms. The summed E-state index contributed by atoms with van der Waals surface area (Å²) in [5, 5.41) is 8.66. The molecule has 0 aliphatic heterocycles. The van der Waals surface area contributed by atoms with Gasteiger partial charge in [-0.2, -0.15) is 31.6 Å². The third-order valence-electron chi connectivity index (χ3n) is 3.09. The Labute approximate surface area is 129 Å². The zero-order valence-electron chi connectivity index (χ0n) is 11.4. The van der Waals surface area contributed by atoms with Crippen LogP contribution in [-0.2, 0) is 12.4 Å². The molecule has 0 unspecified atom stereocenters. The zero-order chi connectivity index (χ0) is 18.3. The molecule has 9 heteroatoms. The predicted molar refractivity (Wildman–Crippen MR) is 66.5 cm³/mol. The summed E-state index contributed by atoms with van der Waals surface area (Å²) >= 11 is 0. The summed E-state index contributed by atoms with van der Waals surface area (Å²) in [6, 6.07) is 2.97. The molecule has 0 saturated heterocycles. The van der Waals surface area contributed by atoms with Crippen molar-refractivity contribution in [3.8, 4) is 17.2 Å². The van der Waals surface area contributed by atoms with Crippen LogP contribution in [0.25, 0.3) is 11.1 Å². The second kappa shape index (κ2) is 5.78.